The highest BCUT2D eigenvalue weighted by Gasteiger charge is 2.50. The van der Waals surface area contributed by atoms with Crippen molar-refractivity contribution in [1.82, 2.24) is 5.32 Å². The Labute approximate surface area is 127 Å². The molecule has 1 N–H and O–H groups in total. The first-order valence-corrected chi connectivity index (χ1v) is 7.69. The molecule has 0 radical (unpaired) electrons. The number of benzene rings is 1. The van der Waals surface area contributed by atoms with Crippen LogP contribution in [-0.2, 0) is 5.41 Å². The third kappa shape index (κ3) is 2.82. The molecule has 1 aliphatic rings. The summed E-state index contributed by atoms with van der Waals surface area (Å²) in [7, 11) is 3.75. The van der Waals surface area contributed by atoms with Gasteiger partial charge in [-0.15, -0.1) is 0 Å². The molecule has 0 unspecified atom stereocenters. The van der Waals surface area contributed by atoms with Gasteiger partial charge in [-0.25, -0.2) is 0 Å². The van der Waals surface area contributed by atoms with Crippen molar-refractivity contribution < 1.29 is 4.74 Å². The van der Waals surface area contributed by atoms with Gasteiger partial charge in [0, 0.05) is 22.5 Å². The Bertz CT molecular complexity index is 472. The summed E-state index contributed by atoms with van der Waals surface area (Å²) in [6.45, 7) is 7.96. The molecular formula is C17H26ClNO. The summed E-state index contributed by atoms with van der Waals surface area (Å²) in [6.07, 6.45) is 2.38. The third-order valence-electron chi connectivity index (χ3n) is 4.75. The lowest BCUT2D eigenvalue weighted by atomic mass is 9.52. The minimum Gasteiger partial charge on any atom is -0.496 e. The van der Waals surface area contributed by atoms with Gasteiger partial charge in [0.15, 0.2) is 0 Å². The van der Waals surface area contributed by atoms with Crippen molar-refractivity contribution in [3.05, 3.63) is 28.8 Å². The summed E-state index contributed by atoms with van der Waals surface area (Å²) in [5, 5.41) is 4.14. The van der Waals surface area contributed by atoms with Crippen LogP contribution in [0, 0.1) is 11.3 Å². The topological polar surface area (TPSA) is 21.3 Å². The van der Waals surface area contributed by atoms with Gasteiger partial charge < -0.3 is 10.1 Å². The van der Waals surface area contributed by atoms with Crippen LogP contribution in [0.3, 0.4) is 0 Å². The Morgan fingerprint density at radius 2 is 2.00 bits per heavy atom. The highest BCUT2D eigenvalue weighted by Crippen LogP contribution is 2.56. The maximum atomic E-state index is 6.21. The van der Waals surface area contributed by atoms with Crippen LogP contribution in [-0.4, -0.2) is 20.7 Å². The number of nitrogens with one attached hydrogen (secondary N) is 1. The Morgan fingerprint density at radius 3 is 2.50 bits per heavy atom. The third-order valence-corrected chi connectivity index (χ3v) is 4.98. The first kappa shape index (κ1) is 15.7. The number of hydrogen-bond acceptors (Lipinski definition) is 2. The quantitative estimate of drug-likeness (QED) is 0.896. The fourth-order valence-electron chi connectivity index (χ4n) is 3.39. The van der Waals surface area contributed by atoms with E-state index >= 15 is 0 Å². The van der Waals surface area contributed by atoms with E-state index in [1.165, 1.54) is 18.4 Å². The van der Waals surface area contributed by atoms with Crippen LogP contribution in [0.1, 0.15) is 39.2 Å². The SMILES string of the molecule is CNCC1(c2cc(Cl)ccc2OC)CC(C(C)(C)C)C1. The van der Waals surface area contributed by atoms with Gasteiger partial charge in [-0.3, -0.25) is 0 Å². The smallest absolute Gasteiger partial charge is 0.122 e. The van der Waals surface area contributed by atoms with Gasteiger partial charge in [-0.1, -0.05) is 32.4 Å². The van der Waals surface area contributed by atoms with E-state index in [2.05, 4.69) is 32.2 Å². The second-order valence-electron chi connectivity index (χ2n) is 7.13. The minimum absolute atomic E-state index is 0.156. The molecule has 1 aromatic carbocycles. The van der Waals surface area contributed by atoms with Gasteiger partial charge >= 0.3 is 0 Å². The highest BCUT2D eigenvalue weighted by atomic mass is 35.5. The van der Waals surface area contributed by atoms with Gasteiger partial charge in [0.1, 0.15) is 5.75 Å². The molecule has 0 aliphatic heterocycles. The van der Waals surface area contributed by atoms with Crippen molar-refractivity contribution in [3.63, 3.8) is 0 Å². The molecule has 112 valence electrons. The molecule has 1 saturated carbocycles. The largest absolute Gasteiger partial charge is 0.496 e. The molecular weight excluding hydrogens is 270 g/mol. The van der Waals surface area contributed by atoms with Crippen LogP contribution >= 0.6 is 11.6 Å². The van der Waals surface area contributed by atoms with Crippen LogP contribution < -0.4 is 10.1 Å². The first-order chi connectivity index (χ1) is 9.32. The van der Waals surface area contributed by atoms with Crippen LogP contribution in [0.25, 0.3) is 0 Å². The predicted molar refractivity (Wildman–Crippen MR) is 85.8 cm³/mol. The molecule has 2 nitrogen and oxygen atoms in total. The summed E-state index contributed by atoms with van der Waals surface area (Å²) in [4.78, 5) is 0. The highest BCUT2D eigenvalue weighted by molar-refractivity contribution is 6.30. The monoisotopic (exact) mass is 295 g/mol. The van der Waals surface area contributed by atoms with E-state index in [4.69, 9.17) is 16.3 Å². The molecule has 0 heterocycles. The van der Waals surface area contributed by atoms with Crippen molar-refractivity contribution in [3.8, 4) is 5.75 Å². The number of hydrogen-bond donors (Lipinski definition) is 1. The average molecular weight is 296 g/mol. The molecule has 1 aromatic rings. The number of ether oxygens (including phenoxy) is 1. The van der Waals surface area contributed by atoms with Crippen molar-refractivity contribution in [2.75, 3.05) is 20.7 Å². The summed E-state index contributed by atoms with van der Waals surface area (Å²) in [5.41, 5.74) is 1.77. The van der Waals surface area contributed by atoms with Gasteiger partial charge in [0.25, 0.3) is 0 Å². The van der Waals surface area contributed by atoms with Crippen LogP contribution in [0.5, 0.6) is 5.75 Å². The molecule has 1 aliphatic carbocycles. The summed E-state index contributed by atoms with van der Waals surface area (Å²) in [5.74, 6) is 1.71. The lowest BCUT2D eigenvalue weighted by Gasteiger charge is -2.53. The van der Waals surface area contributed by atoms with Gasteiger partial charge in [0.05, 0.1) is 7.11 Å². The summed E-state index contributed by atoms with van der Waals surface area (Å²) < 4.78 is 5.56. The Kier molecular flexibility index (Phi) is 4.36. The number of halogens is 1. The van der Waals surface area contributed by atoms with E-state index in [0.29, 0.717) is 5.41 Å². The van der Waals surface area contributed by atoms with Crippen molar-refractivity contribution in [2.45, 2.75) is 39.0 Å². The van der Waals surface area contributed by atoms with E-state index in [1.807, 2.05) is 19.2 Å². The molecule has 0 spiro atoms. The average Bonchev–Trinajstić information content (AvgIpc) is 2.31. The van der Waals surface area contributed by atoms with Crippen molar-refractivity contribution >= 4 is 11.6 Å². The van der Waals surface area contributed by atoms with Gasteiger partial charge in [-0.05, 0) is 49.4 Å². The molecule has 2 rings (SSSR count). The second kappa shape index (κ2) is 5.57. The number of methoxy groups -OCH3 is 1. The lowest BCUT2D eigenvalue weighted by molar-refractivity contribution is 0.0445. The maximum absolute atomic E-state index is 6.21. The molecule has 0 amide bonds. The van der Waals surface area contributed by atoms with Crippen LogP contribution in [0.2, 0.25) is 5.02 Å². The van der Waals surface area contributed by atoms with Gasteiger partial charge in [0.2, 0.25) is 0 Å². The molecule has 20 heavy (non-hydrogen) atoms. The van der Waals surface area contributed by atoms with Gasteiger partial charge in [-0.2, -0.15) is 0 Å². The minimum atomic E-state index is 0.156. The van der Waals surface area contributed by atoms with E-state index in [0.717, 1.165) is 23.2 Å². The molecule has 3 heteroatoms. The van der Waals surface area contributed by atoms with E-state index in [9.17, 15) is 0 Å². The van der Waals surface area contributed by atoms with Crippen molar-refractivity contribution in [1.29, 1.82) is 0 Å². The van der Waals surface area contributed by atoms with Crippen molar-refractivity contribution in [2.24, 2.45) is 11.3 Å². The second-order valence-corrected chi connectivity index (χ2v) is 7.56. The lowest BCUT2D eigenvalue weighted by Crippen LogP contribution is -2.51. The zero-order valence-electron chi connectivity index (χ0n) is 13.2. The predicted octanol–water partition coefficient (Wildman–Crippen LogP) is 4.26. The summed E-state index contributed by atoms with van der Waals surface area (Å²) >= 11 is 6.21. The number of rotatable bonds is 4. The van der Waals surface area contributed by atoms with E-state index < -0.39 is 0 Å². The first-order valence-electron chi connectivity index (χ1n) is 7.31. The van der Waals surface area contributed by atoms with Crippen LogP contribution in [0.4, 0.5) is 0 Å². The molecule has 0 saturated heterocycles. The zero-order valence-corrected chi connectivity index (χ0v) is 14.0. The van der Waals surface area contributed by atoms with E-state index in [1.54, 1.807) is 7.11 Å². The zero-order chi connectivity index (χ0) is 15.0. The maximum Gasteiger partial charge on any atom is 0.122 e. The Hall–Kier alpha value is -0.730. The molecule has 0 bridgehead atoms. The normalized spacial score (nSPS) is 26.2. The fourth-order valence-corrected chi connectivity index (χ4v) is 3.56. The molecule has 0 atom stereocenters. The Morgan fingerprint density at radius 1 is 1.35 bits per heavy atom. The standard InChI is InChI=1S/C17H26ClNO/c1-16(2,3)12-9-17(10-12,11-19-4)14-8-13(18)6-7-15(14)20-5/h6-8,12,19H,9-11H2,1-5H3. The summed E-state index contributed by atoms with van der Waals surface area (Å²) in [6, 6.07) is 5.97. The fraction of sp³-hybridized carbons (Fsp3) is 0.647. The molecule has 1 fully saturated rings. The number of likely N-dealkylation sites (N-methyl/N-ethyl adjacent to an activating group) is 1. The molecule has 0 aromatic heterocycles. The Balaban J connectivity index is 2.34. The van der Waals surface area contributed by atoms with Crippen LogP contribution in [0.15, 0.2) is 18.2 Å². The van der Waals surface area contributed by atoms with E-state index in [-0.39, 0.29) is 5.41 Å².